The van der Waals surface area contributed by atoms with Crippen molar-refractivity contribution in [1.29, 1.82) is 0 Å². The van der Waals surface area contributed by atoms with E-state index < -0.39 is 0 Å². The van der Waals surface area contributed by atoms with E-state index in [9.17, 15) is 4.79 Å². The second kappa shape index (κ2) is 5.90. The minimum Gasteiger partial charge on any atom is -0.384 e. The molecule has 1 aliphatic rings. The van der Waals surface area contributed by atoms with Gasteiger partial charge in [0, 0.05) is 21.2 Å². The molecule has 0 fully saturated rings. The molecule has 3 rings (SSSR count). The van der Waals surface area contributed by atoms with E-state index in [4.69, 9.17) is 16.7 Å². The lowest BCUT2D eigenvalue weighted by Crippen LogP contribution is -2.25. The summed E-state index contributed by atoms with van der Waals surface area (Å²) in [5.74, 6) is 5.63. The van der Waals surface area contributed by atoms with Gasteiger partial charge in [-0.2, -0.15) is 0 Å². The highest BCUT2D eigenvalue weighted by molar-refractivity contribution is 7.10. The zero-order chi connectivity index (χ0) is 14.8. The van der Waals surface area contributed by atoms with E-state index in [-0.39, 0.29) is 12.5 Å². The molecule has 0 saturated heterocycles. The fourth-order valence-corrected chi connectivity index (χ4v) is 3.34. The molecule has 1 aromatic heterocycles. The Morgan fingerprint density at radius 1 is 1.38 bits per heavy atom. The first kappa shape index (κ1) is 14.2. The van der Waals surface area contributed by atoms with Crippen LogP contribution in [0.2, 0.25) is 5.02 Å². The van der Waals surface area contributed by atoms with Gasteiger partial charge in [0.25, 0.3) is 0 Å². The Labute approximate surface area is 131 Å². The van der Waals surface area contributed by atoms with Crippen LogP contribution in [0.15, 0.2) is 29.6 Å². The van der Waals surface area contributed by atoms with Gasteiger partial charge >= 0.3 is 0 Å². The zero-order valence-corrected chi connectivity index (χ0v) is 12.7. The largest absolute Gasteiger partial charge is 0.384 e. The predicted molar refractivity (Wildman–Crippen MR) is 84.6 cm³/mol. The number of fused-ring (bicyclic) bond motifs is 1. The van der Waals surface area contributed by atoms with Crippen LogP contribution in [-0.2, 0) is 17.8 Å². The number of aliphatic hydroxyl groups is 1. The van der Waals surface area contributed by atoms with E-state index in [0.29, 0.717) is 18.0 Å². The van der Waals surface area contributed by atoms with Crippen molar-refractivity contribution in [3.05, 3.63) is 50.7 Å². The van der Waals surface area contributed by atoms with E-state index in [1.807, 2.05) is 23.6 Å². The van der Waals surface area contributed by atoms with Gasteiger partial charge in [0.15, 0.2) is 0 Å². The number of halogens is 1. The number of carbonyl (C=O) groups is 1. The van der Waals surface area contributed by atoms with Crippen LogP contribution in [0.4, 0.5) is 5.69 Å². The summed E-state index contributed by atoms with van der Waals surface area (Å²) in [5, 5.41) is 11.4. The molecule has 0 bridgehead atoms. The molecule has 3 nitrogen and oxygen atoms in total. The van der Waals surface area contributed by atoms with Crippen LogP contribution >= 0.6 is 22.9 Å². The third kappa shape index (κ3) is 2.81. The van der Waals surface area contributed by atoms with Gasteiger partial charge < -0.3 is 10.0 Å². The van der Waals surface area contributed by atoms with E-state index in [2.05, 4.69) is 11.8 Å². The first-order valence-electron chi connectivity index (χ1n) is 6.44. The van der Waals surface area contributed by atoms with Crippen LogP contribution in [0.5, 0.6) is 0 Å². The number of hydrogen-bond donors (Lipinski definition) is 1. The minimum absolute atomic E-state index is 0.0711. The summed E-state index contributed by atoms with van der Waals surface area (Å²) in [6.07, 6.45) is 0.412. The van der Waals surface area contributed by atoms with Crippen LogP contribution in [0.25, 0.3) is 0 Å². The number of hydrogen-bond acceptors (Lipinski definition) is 3. The monoisotopic (exact) mass is 317 g/mol. The Balaban J connectivity index is 1.91. The number of carbonyl (C=O) groups excluding carboxylic acids is 1. The van der Waals surface area contributed by atoms with Crippen molar-refractivity contribution < 1.29 is 9.90 Å². The lowest BCUT2D eigenvalue weighted by molar-refractivity contribution is -0.117. The van der Waals surface area contributed by atoms with Gasteiger partial charge in [-0.05, 0) is 29.1 Å². The molecular weight excluding hydrogens is 306 g/mol. The Kier molecular flexibility index (Phi) is 3.98. The van der Waals surface area contributed by atoms with Crippen LogP contribution in [0.3, 0.4) is 0 Å². The number of aliphatic hydroxyl groups excluding tert-OH is 1. The van der Waals surface area contributed by atoms with Crippen molar-refractivity contribution in [2.75, 3.05) is 11.5 Å². The van der Waals surface area contributed by atoms with Gasteiger partial charge in [-0.25, -0.2) is 0 Å². The average molecular weight is 318 g/mol. The molecule has 0 saturated carbocycles. The van der Waals surface area contributed by atoms with Crippen molar-refractivity contribution in [3.63, 3.8) is 0 Å². The van der Waals surface area contributed by atoms with E-state index in [1.165, 1.54) is 0 Å². The highest BCUT2D eigenvalue weighted by Crippen LogP contribution is 2.33. The molecule has 1 amide bonds. The molecule has 0 spiro atoms. The van der Waals surface area contributed by atoms with Gasteiger partial charge in [0.2, 0.25) is 5.91 Å². The maximum absolute atomic E-state index is 12.2. The molecule has 1 aliphatic heterocycles. The number of rotatable bonds is 2. The van der Waals surface area contributed by atoms with Crippen molar-refractivity contribution in [2.24, 2.45) is 0 Å². The molecule has 2 aromatic rings. The first-order chi connectivity index (χ1) is 10.2. The van der Waals surface area contributed by atoms with Gasteiger partial charge in [-0.1, -0.05) is 29.5 Å². The summed E-state index contributed by atoms with van der Waals surface area (Å²) in [7, 11) is 0. The molecule has 5 heteroatoms. The van der Waals surface area contributed by atoms with E-state index in [1.54, 1.807) is 22.3 Å². The molecular formula is C16H12ClNO2S. The molecule has 0 aliphatic carbocycles. The number of thiophene rings is 1. The maximum Gasteiger partial charge on any atom is 0.231 e. The van der Waals surface area contributed by atoms with Gasteiger partial charge in [0.1, 0.15) is 6.61 Å². The van der Waals surface area contributed by atoms with Crippen LogP contribution in [0, 0.1) is 11.8 Å². The zero-order valence-electron chi connectivity index (χ0n) is 11.1. The van der Waals surface area contributed by atoms with E-state index >= 15 is 0 Å². The lowest BCUT2D eigenvalue weighted by atomic mass is 10.2. The van der Waals surface area contributed by atoms with Crippen molar-refractivity contribution in [3.8, 4) is 11.8 Å². The third-order valence-electron chi connectivity index (χ3n) is 3.33. The molecule has 0 radical (unpaired) electrons. The Morgan fingerprint density at radius 3 is 3.05 bits per heavy atom. The summed E-state index contributed by atoms with van der Waals surface area (Å²) in [5.41, 5.74) is 2.74. The number of benzene rings is 1. The molecule has 21 heavy (non-hydrogen) atoms. The van der Waals surface area contributed by atoms with Crippen LogP contribution in [0.1, 0.15) is 16.0 Å². The van der Waals surface area contributed by atoms with E-state index in [0.717, 1.165) is 21.7 Å². The van der Waals surface area contributed by atoms with Gasteiger partial charge in [-0.15, -0.1) is 11.3 Å². The van der Waals surface area contributed by atoms with Crippen LogP contribution in [-0.4, -0.2) is 17.6 Å². The highest BCUT2D eigenvalue weighted by atomic mass is 35.5. The second-order valence-corrected chi connectivity index (χ2v) is 6.08. The Bertz CT molecular complexity index is 757. The quantitative estimate of drug-likeness (QED) is 0.865. The number of amides is 1. The molecule has 1 N–H and O–H groups in total. The fraction of sp³-hybridized carbons (Fsp3) is 0.188. The summed E-state index contributed by atoms with van der Waals surface area (Å²) in [6.45, 7) is 0.315. The van der Waals surface area contributed by atoms with Crippen molar-refractivity contribution >= 4 is 34.5 Å². The smallest absolute Gasteiger partial charge is 0.231 e. The van der Waals surface area contributed by atoms with Crippen LogP contribution < -0.4 is 4.90 Å². The molecule has 106 valence electrons. The molecule has 1 aromatic carbocycles. The van der Waals surface area contributed by atoms with Crippen molar-refractivity contribution in [2.45, 2.75) is 13.0 Å². The molecule has 0 atom stereocenters. The summed E-state index contributed by atoms with van der Waals surface area (Å²) in [4.78, 5) is 15.0. The molecule has 2 heterocycles. The maximum atomic E-state index is 12.2. The van der Waals surface area contributed by atoms with Gasteiger partial charge in [0.05, 0.1) is 13.0 Å². The summed E-state index contributed by atoms with van der Waals surface area (Å²) >= 11 is 7.59. The number of nitrogens with zero attached hydrogens (tertiary/aromatic N) is 1. The third-order valence-corrected chi connectivity index (χ3v) is 4.47. The SMILES string of the molecule is O=C1Cc2ccc(Cl)cc2N1Cc1sccc1C#CCO. The standard InChI is InChI=1S/C16H12ClNO2S/c17-13-4-3-12-8-16(20)18(14(12)9-13)10-15-11(2-1-6-19)5-7-21-15/h3-5,7,9,19H,6,8,10H2. The number of anilines is 1. The van der Waals surface area contributed by atoms with Gasteiger partial charge in [-0.3, -0.25) is 4.79 Å². The Morgan fingerprint density at radius 2 is 2.24 bits per heavy atom. The normalized spacial score (nSPS) is 13.0. The highest BCUT2D eigenvalue weighted by Gasteiger charge is 2.28. The van der Waals surface area contributed by atoms with Crippen molar-refractivity contribution in [1.82, 2.24) is 0 Å². The first-order valence-corrected chi connectivity index (χ1v) is 7.69. The predicted octanol–water partition coefficient (Wildman–Crippen LogP) is 2.83. The summed E-state index contributed by atoms with van der Waals surface area (Å²) < 4.78 is 0. The topological polar surface area (TPSA) is 40.5 Å². The Hall–Kier alpha value is -1.80. The minimum atomic E-state index is -0.170. The second-order valence-electron chi connectivity index (χ2n) is 4.65. The fourth-order valence-electron chi connectivity index (χ4n) is 2.36. The lowest BCUT2D eigenvalue weighted by Gasteiger charge is -2.17. The molecule has 0 unspecified atom stereocenters. The average Bonchev–Trinajstić information content (AvgIpc) is 3.03. The summed E-state index contributed by atoms with van der Waals surface area (Å²) in [6, 6.07) is 7.44.